The molecule has 0 saturated heterocycles. The van der Waals surface area contributed by atoms with Crippen LogP contribution >= 0.6 is 0 Å². The van der Waals surface area contributed by atoms with Crippen LogP contribution in [0.5, 0.6) is 0 Å². The molecule has 0 spiro atoms. The standard InChI is InChI=1S/C51H32N4O/c1-2-14-32(15-3-1)49-52-50(40-23-12-20-31-13-8-9-21-38(31)40)54-51(53-49)43-29-37(30-47-48(43)42-26-34-17-5-7-19-36(34)28-46(42)56-47)55-44-24-11-10-22-39(44)41-25-33-16-4-6-18-35(33)27-45(41)55/h1-30,50H,(H,52,53,54). The van der Waals surface area contributed by atoms with Gasteiger partial charge < -0.3 is 14.3 Å². The van der Waals surface area contributed by atoms with Gasteiger partial charge in [0.25, 0.3) is 0 Å². The summed E-state index contributed by atoms with van der Waals surface area (Å²) in [6.07, 6.45) is -0.388. The molecular weight excluding hydrogens is 685 g/mol. The van der Waals surface area contributed by atoms with E-state index < -0.39 is 0 Å². The lowest BCUT2D eigenvalue weighted by molar-refractivity contribution is 0.668. The largest absolute Gasteiger partial charge is 0.456 e. The van der Waals surface area contributed by atoms with E-state index in [1.165, 1.54) is 26.9 Å². The second kappa shape index (κ2) is 12.0. The van der Waals surface area contributed by atoms with Crippen LogP contribution < -0.4 is 5.32 Å². The maximum atomic E-state index is 6.88. The highest BCUT2D eigenvalue weighted by atomic mass is 16.3. The summed E-state index contributed by atoms with van der Waals surface area (Å²) < 4.78 is 9.26. The summed E-state index contributed by atoms with van der Waals surface area (Å²) in [7, 11) is 0. The Bertz CT molecular complexity index is 3460. The predicted molar refractivity (Wildman–Crippen MR) is 232 cm³/mol. The molecule has 0 bridgehead atoms. The molecule has 9 aromatic carbocycles. The number of benzene rings is 9. The summed E-state index contributed by atoms with van der Waals surface area (Å²) in [5.74, 6) is 1.42. The summed E-state index contributed by atoms with van der Waals surface area (Å²) in [5.41, 5.74) is 7.89. The molecule has 1 aliphatic heterocycles. The van der Waals surface area contributed by atoms with Gasteiger partial charge in [-0.25, -0.2) is 9.98 Å². The highest BCUT2D eigenvalue weighted by Crippen LogP contribution is 2.40. The number of nitrogens with one attached hydrogen (secondary N) is 1. The van der Waals surface area contributed by atoms with Crippen LogP contribution in [0.2, 0.25) is 0 Å². The molecule has 0 amide bonds. The molecule has 3 heterocycles. The lowest BCUT2D eigenvalue weighted by Gasteiger charge is -2.25. The van der Waals surface area contributed by atoms with Crippen LogP contribution in [0.4, 0.5) is 0 Å². The smallest absolute Gasteiger partial charge is 0.159 e. The Kier molecular flexibility index (Phi) is 6.63. The van der Waals surface area contributed by atoms with E-state index >= 15 is 0 Å². The number of amidine groups is 2. The quantitative estimate of drug-likeness (QED) is 0.197. The van der Waals surface area contributed by atoms with Crippen LogP contribution in [0.25, 0.3) is 81.7 Å². The van der Waals surface area contributed by atoms with E-state index in [9.17, 15) is 0 Å². The van der Waals surface area contributed by atoms with Crippen molar-refractivity contribution in [2.45, 2.75) is 6.17 Å². The molecular formula is C51H32N4O. The summed E-state index contributed by atoms with van der Waals surface area (Å²) in [4.78, 5) is 10.7. The third kappa shape index (κ3) is 4.74. The predicted octanol–water partition coefficient (Wildman–Crippen LogP) is 12.6. The van der Waals surface area contributed by atoms with E-state index in [4.69, 9.17) is 14.4 Å². The van der Waals surface area contributed by atoms with Crippen molar-refractivity contribution in [2.24, 2.45) is 9.98 Å². The SMILES string of the molecule is c1ccc(C2=NC(c3cccc4ccccc34)NC(c3cc(-n4c5ccccc5c5cc6ccccc6cc54)cc4oc5cc6ccccc6cc5c34)=N2)cc1. The zero-order valence-corrected chi connectivity index (χ0v) is 30.1. The van der Waals surface area contributed by atoms with E-state index in [2.05, 4.69) is 174 Å². The van der Waals surface area contributed by atoms with Crippen LogP contribution in [-0.2, 0) is 0 Å². The average molecular weight is 717 g/mol. The molecule has 0 saturated carbocycles. The monoisotopic (exact) mass is 716 g/mol. The van der Waals surface area contributed by atoms with Gasteiger partial charge in [0, 0.05) is 44.3 Å². The number of rotatable bonds is 4. The van der Waals surface area contributed by atoms with Crippen molar-refractivity contribution in [3.63, 3.8) is 0 Å². The van der Waals surface area contributed by atoms with Gasteiger partial charge in [0.2, 0.25) is 0 Å². The molecule has 5 heteroatoms. The first-order chi connectivity index (χ1) is 27.7. The van der Waals surface area contributed by atoms with E-state index in [-0.39, 0.29) is 6.17 Å². The van der Waals surface area contributed by atoms with Crippen molar-refractivity contribution in [3.8, 4) is 5.69 Å². The van der Waals surface area contributed by atoms with Crippen molar-refractivity contribution >= 4 is 87.7 Å². The summed E-state index contributed by atoms with van der Waals surface area (Å²) in [5, 5.41) is 15.3. The Hall–Kier alpha value is -7.50. The van der Waals surface area contributed by atoms with Crippen LogP contribution in [0, 0.1) is 0 Å². The molecule has 2 aromatic heterocycles. The van der Waals surface area contributed by atoms with Gasteiger partial charge in [-0.3, -0.25) is 0 Å². The number of aliphatic imine (C=N–C) groups is 2. The highest BCUT2D eigenvalue weighted by molar-refractivity contribution is 6.24. The Balaban J connectivity index is 1.17. The lowest BCUT2D eigenvalue weighted by atomic mass is 9.99. The minimum atomic E-state index is -0.388. The highest BCUT2D eigenvalue weighted by Gasteiger charge is 2.27. The number of hydrogen-bond donors (Lipinski definition) is 1. The van der Waals surface area contributed by atoms with Crippen LogP contribution in [0.3, 0.4) is 0 Å². The molecule has 1 N–H and O–H groups in total. The number of fused-ring (bicyclic) bond motifs is 9. The molecule has 0 aliphatic carbocycles. The van der Waals surface area contributed by atoms with Gasteiger partial charge in [0.1, 0.15) is 23.2 Å². The summed E-state index contributed by atoms with van der Waals surface area (Å²) in [6.45, 7) is 0. The van der Waals surface area contributed by atoms with Gasteiger partial charge in [-0.2, -0.15) is 0 Å². The molecule has 0 fully saturated rings. The number of furan rings is 1. The van der Waals surface area contributed by atoms with Gasteiger partial charge in [0.15, 0.2) is 5.84 Å². The van der Waals surface area contributed by atoms with Crippen molar-refractivity contribution in [3.05, 3.63) is 199 Å². The van der Waals surface area contributed by atoms with Gasteiger partial charge in [-0.15, -0.1) is 0 Å². The molecule has 5 nitrogen and oxygen atoms in total. The maximum Gasteiger partial charge on any atom is 0.159 e. The molecule has 12 rings (SSSR count). The molecule has 56 heavy (non-hydrogen) atoms. The number of aromatic nitrogens is 1. The number of hydrogen-bond acceptors (Lipinski definition) is 4. The summed E-state index contributed by atoms with van der Waals surface area (Å²) >= 11 is 0. The van der Waals surface area contributed by atoms with Crippen molar-refractivity contribution in [1.29, 1.82) is 0 Å². The lowest BCUT2D eigenvalue weighted by Crippen LogP contribution is -2.34. The second-order valence-electron chi connectivity index (χ2n) is 14.6. The molecule has 1 atom stereocenters. The summed E-state index contributed by atoms with van der Waals surface area (Å²) in [6, 6.07) is 64.5. The molecule has 1 aliphatic rings. The minimum Gasteiger partial charge on any atom is -0.456 e. The average Bonchev–Trinajstić information content (AvgIpc) is 3.78. The normalized spacial score (nSPS) is 14.6. The van der Waals surface area contributed by atoms with Gasteiger partial charge in [-0.05, 0) is 68.7 Å². The van der Waals surface area contributed by atoms with Gasteiger partial charge >= 0.3 is 0 Å². The van der Waals surface area contributed by atoms with E-state index in [0.29, 0.717) is 5.84 Å². The molecule has 262 valence electrons. The second-order valence-corrected chi connectivity index (χ2v) is 14.6. The van der Waals surface area contributed by atoms with E-state index in [0.717, 1.165) is 77.3 Å². The topological polar surface area (TPSA) is 54.8 Å². The molecule has 11 aromatic rings. The van der Waals surface area contributed by atoms with Crippen molar-refractivity contribution in [1.82, 2.24) is 9.88 Å². The number of para-hydroxylation sites is 1. The van der Waals surface area contributed by atoms with Crippen LogP contribution in [-0.4, -0.2) is 16.2 Å². The van der Waals surface area contributed by atoms with E-state index in [1.54, 1.807) is 0 Å². The van der Waals surface area contributed by atoms with Crippen LogP contribution in [0.1, 0.15) is 22.9 Å². The maximum absolute atomic E-state index is 6.88. The zero-order valence-electron chi connectivity index (χ0n) is 30.1. The van der Waals surface area contributed by atoms with Crippen molar-refractivity contribution < 1.29 is 4.42 Å². The fourth-order valence-corrected chi connectivity index (χ4v) is 8.78. The molecule has 1 unspecified atom stereocenters. The van der Waals surface area contributed by atoms with Crippen LogP contribution in [0.15, 0.2) is 196 Å². The molecule has 0 radical (unpaired) electrons. The Morgan fingerprint density at radius 3 is 1.93 bits per heavy atom. The minimum absolute atomic E-state index is 0.388. The van der Waals surface area contributed by atoms with Gasteiger partial charge in [-0.1, -0.05) is 140 Å². The van der Waals surface area contributed by atoms with Gasteiger partial charge in [0.05, 0.1) is 16.7 Å². The third-order valence-electron chi connectivity index (χ3n) is 11.4. The van der Waals surface area contributed by atoms with Crippen molar-refractivity contribution in [2.75, 3.05) is 0 Å². The van der Waals surface area contributed by atoms with E-state index in [1.807, 2.05) is 18.2 Å². The number of nitrogens with zero attached hydrogens (tertiary/aromatic N) is 3. The Morgan fingerprint density at radius 2 is 1.12 bits per heavy atom. The Morgan fingerprint density at radius 1 is 0.482 bits per heavy atom. The first kappa shape index (κ1) is 30.9. The third-order valence-corrected chi connectivity index (χ3v) is 11.4. The first-order valence-corrected chi connectivity index (χ1v) is 19.0. The fraction of sp³-hybridized carbons (Fsp3) is 0.0196. The Labute approximate surface area is 321 Å². The first-order valence-electron chi connectivity index (χ1n) is 19.0. The zero-order chi connectivity index (χ0) is 36.7. The fourth-order valence-electron chi connectivity index (χ4n) is 8.78.